The molecule has 0 aromatic rings. The van der Waals surface area contributed by atoms with Crippen molar-refractivity contribution in [2.24, 2.45) is 0 Å². The van der Waals surface area contributed by atoms with Gasteiger partial charge in [0.05, 0.1) is 0 Å². The average Bonchev–Trinajstić information content (AvgIpc) is 2.04. The monoisotopic (exact) mass is 189 g/mol. The Labute approximate surface area is 77.1 Å². The largest absolute Gasteiger partial charge is 0.480 e. The van der Waals surface area contributed by atoms with Crippen molar-refractivity contribution >= 4 is 11.9 Å². The van der Waals surface area contributed by atoms with Crippen molar-refractivity contribution in [1.82, 2.24) is 5.32 Å². The first-order valence-corrected chi connectivity index (χ1v) is 3.90. The highest BCUT2D eigenvalue weighted by molar-refractivity contribution is 5.88. The summed E-state index contributed by atoms with van der Waals surface area (Å²) in [5, 5.41) is 10.8. The molecule has 0 fully saturated rings. The summed E-state index contributed by atoms with van der Waals surface area (Å²) in [6.07, 6.45) is 0. The van der Waals surface area contributed by atoms with Crippen molar-refractivity contribution in [2.45, 2.75) is 32.4 Å². The van der Waals surface area contributed by atoms with E-state index in [2.05, 4.69) is 5.32 Å². The van der Waals surface area contributed by atoms with Crippen molar-refractivity contribution in [1.29, 1.82) is 0 Å². The molecule has 5 nitrogen and oxygen atoms in total. The van der Waals surface area contributed by atoms with Crippen molar-refractivity contribution in [3.8, 4) is 0 Å². The number of carbonyl (C=O) groups excluding carboxylic acids is 1. The van der Waals surface area contributed by atoms with Crippen LogP contribution in [0.5, 0.6) is 0 Å². The summed E-state index contributed by atoms with van der Waals surface area (Å²) in [6.45, 7) is 4.53. The number of rotatable bonds is 4. The van der Waals surface area contributed by atoms with Crippen molar-refractivity contribution in [3.63, 3.8) is 0 Å². The van der Waals surface area contributed by atoms with Crippen molar-refractivity contribution < 1.29 is 19.4 Å². The molecular weight excluding hydrogens is 174 g/mol. The highest BCUT2D eigenvalue weighted by Crippen LogP contribution is 2.07. The maximum Gasteiger partial charge on any atom is 0.325 e. The molecule has 0 rings (SSSR count). The number of nitrogens with one attached hydrogen (secondary N) is 1. The van der Waals surface area contributed by atoms with Gasteiger partial charge in [-0.2, -0.15) is 0 Å². The Kier molecular flexibility index (Phi) is 3.87. The Hall–Kier alpha value is -1.10. The van der Waals surface area contributed by atoms with E-state index in [1.807, 2.05) is 0 Å². The third kappa shape index (κ3) is 3.42. The number of aliphatic carboxylic acids is 1. The number of hydrogen-bond acceptors (Lipinski definition) is 3. The van der Waals surface area contributed by atoms with E-state index >= 15 is 0 Å². The van der Waals surface area contributed by atoms with E-state index in [0.717, 1.165) is 0 Å². The Bertz CT molecular complexity index is 212. The van der Waals surface area contributed by atoms with Gasteiger partial charge in [0.15, 0.2) is 0 Å². The number of methoxy groups -OCH3 is 1. The van der Waals surface area contributed by atoms with Crippen LogP contribution in [0.2, 0.25) is 0 Å². The normalized spacial score (nSPS) is 13.5. The van der Waals surface area contributed by atoms with Crippen LogP contribution in [0.4, 0.5) is 0 Å². The molecule has 0 aromatic carbocycles. The minimum atomic E-state index is -1.07. The molecule has 1 atom stereocenters. The highest BCUT2D eigenvalue weighted by Gasteiger charge is 2.29. The first-order valence-electron chi connectivity index (χ1n) is 3.90. The molecule has 0 aliphatic carbocycles. The molecule has 2 N–H and O–H groups in total. The summed E-state index contributed by atoms with van der Waals surface area (Å²) in [4.78, 5) is 21.7. The van der Waals surface area contributed by atoms with Gasteiger partial charge in [0.2, 0.25) is 0 Å². The molecule has 0 radical (unpaired) electrons. The summed E-state index contributed by atoms with van der Waals surface area (Å²) in [5.41, 5.74) is -0.996. The summed E-state index contributed by atoms with van der Waals surface area (Å²) in [6, 6.07) is -0.901. The van der Waals surface area contributed by atoms with Gasteiger partial charge < -0.3 is 15.2 Å². The molecule has 5 heteroatoms. The van der Waals surface area contributed by atoms with Crippen LogP contribution < -0.4 is 5.32 Å². The molecule has 76 valence electrons. The Morgan fingerprint density at radius 1 is 1.46 bits per heavy atom. The van der Waals surface area contributed by atoms with Gasteiger partial charge >= 0.3 is 5.97 Å². The van der Waals surface area contributed by atoms with Gasteiger partial charge in [-0.3, -0.25) is 9.59 Å². The van der Waals surface area contributed by atoms with E-state index in [9.17, 15) is 9.59 Å². The molecule has 0 saturated carbocycles. The molecule has 0 heterocycles. The summed E-state index contributed by atoms with van der Waals surface area (Å²) in [5.74, 6) is -1.51. The van der Waals surface area contributed by atoms with Gasteiger partial charge in [-0.15, -0.1) is 0 Å². The fourth-order valence-electron chi connectivity index (χ4n) is 0.525. The van der Waals surface area contributed by atoms with Crippen LogP contribution in [0, 0.1) is 0 Å². The SMILES string of the molecule is COC(C)(C)C(=O)NC(C)C(=O)O. The lowest BCUT2D eigenvalue weighted by molar-refractivity contribution is -0.146. The second-order valence-electron chi connectivity index (χ2n) is 3.25. The third-order valence-electron chi connectivity index (χ3n) is 1.78. The van der Waals surface area contributed by atoms with Crippen LogP contribution in [0.15, 0.2) is 0 Å². The molecule has 0 aliphatic rings. The number of ether oxygens (including phenoxy) is 1. The van der Waals surface area contributed by atoms with E-state index in [4.69, 9.17) is 9.84 Å². The van der Waals surface area contributed by atoms with Crippen LogP contribution in [-0.2, 0) is 14.3 Å². The zero-order valence-corrected chi connectivity index (χ0v) is 8.25. The second-order valence-corrected chi connectivity index (χ2v) is 3.25. The lowest BCUT2D eigenvalue weighted by Gasteiger charge is -2.22. The molecule has 13 heavy (non-hydrogen) atoms. The van der Waals surface area contributed by atoms with E-state index in [0.29, 0.717) is 0 Å². The van der Waals surface area contributed by atoms with Crippen LogP contribution in [0.3, 0.4) is 0 Å². The standard InChI is InChI=1S/C8H15NO4/c1-5(6(10)11)9-7(12)8(2,3)13-4/h5H,1-4H3,(H,9,12)(H,10,11). The smallest absolute Gasteiger partial charge is 0.325 e. The van der Waals surface area contributed by atoms with Crippen LogP contribution >= 0.6 is 0 Å². The highest BCUT2D eigenvalue weighted by atomic mass is 16.5. The number of carboxylic acids is 1. The van der Waals surface area contributed by atoms with E-state index in [1.54, 1.807) is 13.8 Å². The Balaban J connectivity index is 4.23. The minimum Gasteiger partial charge on any atom is -0.480 e. The Morgan fingerprint density at radius 2 is 1.92 bits per heavy atom. The zero-order valence-electron chi connectivity index (χ0n) is 8.25. The first kappa shape index (κ1) is 11.9. The number of carboxylic acid groups (broad SMARTS) is 1. The lowest BCUT2D eigenvalue weighted by atomic mass is 10.1. The maximum atomic E-state index is 11.3. The second kappa shape index (κ2) is 4.23. The van der Waals surface area contributed by atoms with Crippen molar-refractivity contribution in [3.05, 3.63) is 0 Å². The van der Waals surface area contributed by atoms with Gasteiger partial charge in [-0.05, 0) is 20.8 Å². The molecule has 0 bridgehead atoms. The van der Waals surface area contributed by atoms with E-state index in [1.165, 1.54) is 14.0 Å². The van der Waals surface area contributed by atoms with Gasteiger partial charge in [0, 0.05) is 7.11 Å². The first-order chi connectivity index (χ1) is 5.81. The van der Waals surface area contributed by atoms with Crippen LogP contribution in [0.25, 0.3) is 0 Å². The van der Waals surface area contributed by atoms with E-state index in [-0.39, 0.29) is 0 Å². The molecule has 0 saturated heterocycles. The van der Waals surface area contributed by atoms with Crippen LogP contribution in [-0.4, -0.2) is 35.7 Å². The molecule has 1 amide bonds. The topological polar surface area (TPSA) is 75.6 Å². The van der Waals surface area contributed by atoms with Gasteiger partial charge in [0.25, 0.3) is 5.91 Å². The summed E-state index contributed by atoms with van der Waals surface area (Å²) < 4.78 is 4.88. The fraction of sp³-hybridized carbons (Fsp3) is 0.750. The quantitative estimate of drug-likeness (QED) is 0.652. The Morgan fingerprint density at radius 3 is 2.23 bits per heavy atom. The molecule has 1 unspecified atom stereocenters. The number of carbonyl (C=O) groups is 2. The summed E-state index contributed by atoms with van der Waals surface area (Å²) >= 11 is 0. The molecule has 0 aromatic heterocycles. The predicted octanol–water partition coefficient (Wildman–Crippen LogP) is 0.000700. The van der Waals surface area contributed by atoms with Crippen molar-refractivity contribution in [2.75, 3.05) is 7.11 Å². The molecular formula is C8H15NO4. The maximum absolute atomic E-state index is 11.3. The predicted molar refractivity (Wildman–Crippen MR) is 46.3 cm³/mol. The third-order valence-corrected chi connectivity index (χ3v) is 1.78. The average molecular weight is 189 g/mol. The molecule has 0 aliphatic heterocycles. The molecule has 0 spiro atoms. The van der Waals surface area contributed by atoms with Gasteiger partial charge in [-0.1, -0.05) is 0 Å². The van der Waals surface area contributed by atoms with Crippen LogP contribution in [0.1, 0.15) is 20.8 Å². The minimum absolute atomic E-state index is 0.440. The van der Waals surface area contributed by atoms with Gasteiger partial charge in [0.1, 0.15) is 11.6 Å². The number of amides is 1. The van der Waals surface area contributed by atoms with Gasteiger partial charge in [-0.25, -0.2) is 0 Å². The number of hydrogen-bond donors (Lipinski definition) is 2. The summed E-state index contributed by atoms with van der Waals surface area (Å²) in [7, 11) is 1.39. The zero-order chi connectivity index (χ0) is 10.6. The lowest BCUT2D eigenvalue weighted by Crippen LogP contribution is -2.49. The van der Waals surface area contributed by atoms with E-state index < -0.39 is 23.5 Å². The fourth-order valence-corrected chi connectivity index (χ4v) is 0.525.